The number of unbranched alkanes of at least 4 members (excludes halogenated alkanes) is 3. The van der Waals surface area contributed by atoms with Crippen LogP contribution < -0.4 is 33.7 Å². The van der Waals surface area contributed by atoms with Crippen LogP contribution in [-0.4, -0.2) is 144 Å². The first kappa shape index (κ1) is 56.2. The van der Waals surface area contributed by atoms with E-state index in [0.717, 1.165) is 37.7 Å². The zero-order valence-electron chi connectivity index (χ0n) is 41.5. The number of carbonyl (C=O) groups is 3. The number of rotatable bonds is 35. The quantitative estimate of drug-likeness (QED) is 0.0452. The van der Waals surface area contributed by atoms with Crippen LogP contribution in [0.25, 0.3) is 0 Å². The largest absolute Gasteiger partial charge is 0.493 e. The number of halogens is 1. The molecule has 3 aromatic carbocycles. The lowest BCUT2D eigenvalue weighted by molar-refractivity contribution is -0.162. The Morgan fingerprint density at radius 3 is 1.97 bits per heavy atom. The summed E-state index contributed by atoms with van der Waals surface area (Å²) in [7, 11) is 7.73. The van der Waals surface area contributed by atoms with Crippen molar-refractivity contribution in [3.8, 4) is 34.5 Å². The summed E-state index contributed by atoms with van der Waals surface area (Å²) in [6.45, 7) is 5.58. The number of nitrogens with one attached hydrogen (secondary N) is 1. The number of methoxy groups -OCH3 is 5. The van der Waals surface area contributed by atoms with Gasteiger partial charge in [-0.25, -0.2) is 4.79 Å². The zero-order chi connectivity index (χ0) is 49.6. The summed E-state index contributed by atoms with van der Waals surface area (Å²) in [4.78, 5) is 43.6. The van der Waals surface area contributed by atoms with Crippen LogP contribution in [0.5, 0.6) is 34.5 Å². The Balaban J connectivity index is 1.35. The average Bonchev–Trinajstić information content (AvgIpc) is 3.38. The third-order valence-corrected chi connectivity index (χ3v) is 11.7. The van der Waals surface area contributed by atoms with E-state index in [1.807, 2.05) is 37.3 Å². The van der Waals surface area contributed by atoms with Crippen molar-refractivity contribution in [1.29, 1.82) is 0 Å². The molecule has 1 aliphatic rings. The number of benzene rings is 3. The fourth-order valence-corrected chi connectivity index (χ4v) is 8.08. The number of amides is 2. The van der Waals surface area contributed by atoms with Crippen molar-refractivity contribution < 1.29 is 70.9 Å². The van der Waals surface area contributed by atoms with Crippen molar-refractivity contribution in [2.75, 3.05) is 115 Å². The predicted octanol–water partition coefficient (Wildman–Crippen LogP) is 7.61. The molecule has 17 heteroatoms. The number of aryl methyl sites for hydroxylation is 1. The van der Waals surface area contributed by atoms with Crippen molar-refractivity contribution in [3.05, 3.63) is 71.3 Å². The second-order valence-corrected chi connectivity index (χ2v) is 16.3. The van der Waals surface area contributed by atoms with Gasteiger partial charge in [0, 0.05) is 25.3 Å². The van der Waals surface area contributed by atoms with E-state index in [0.29, 0.717) is 131 Å². The third-order valence-electron chi connectivity index (χ3n) is 11.7. The molecule has 16 nitrogen and oxygen atoms in total. The van der Waals surface area contributed by atoms with Gasteiger partial charge in [0.15, 0.2) is 29.6 Å². The van der Waals surface area contributed by atoms with Crippen molar-refractivity contribution in [1.82, 2.24) is 10.2 Å². The van der Waals surface area contributed by atoms with Gasteiger partial charge in [-0.3, -0.25) is 14.0 Å². The first-order chi connectivity index (χ1) is 33.7. The molecule has 1 heterocycles. The van der Waals surface area contributed by atoms with Gasteiger partial charge in [-0.1, -0.05) is 44.0 Å². The standard InChI is InChI=1S/C52H75FN2O14/c1-7-40(39-35-47(61-4)50(63-6)48(36-39)62-5)51(57)55-25-14-12-17-42(55)52(58)69-44(21-19-38-20-22-45(59-2)46(34-38)60-3)41-16-10-11-18-43(41)68-37-49(56)54-24-27-65-29-31-67-33-32-66-30-28-64-26-15-9-8-13-23-53/h10-11,16,18,20,22,34-36,40,42,44H,7-9,12-15,17,19,21,23-33,37H2,1-6H3,(H,54,56)/t40-,42-,44+/m0/s1. The maximum absolute atomic E-state index is 14.5. The Bertz CT molecular complexity index is 1950. The number of esters is 1. The molecule has 0 aliphatic carbocycles. The predicted molar refractivity (Wildman–Crippen MR) is 258 cm³/mol. The van der Waals surface area contributed by atoms with E-state index in [2.05, 4.69) is 5.32 Å². The van der Waals surface area contributed by atoms with Gasteiger partial charge in [-0.05, 0) is 92.8 Å². The first-order valence-corrected chi connectivity index (χ1v) is 24.1. The Morgan fingerprint density at radius 2 is 1.33 bits per heavy atom. The summed E-state index contributed by atoms with van der Waals surface area (Å²) in [5, 5.41) is 2.81. The van der Waals surface area contributed by atoms with Gasteiger partial charge in [0.25, 0.3) is 5.91 Å². The Hall–Kier alpha value is -5.36. The highest BCUT2D eigenvalue weighted by Gasteiger charge is 2.38. The summed E-state index contributed by atoms with van der Waals surface area (Å²) in [5.74, 6) is 1.16. The van der Waals surface area contributed by atoms with Gasteiger partial charge in [-0.15, -0.1) is 0 Å². The van der Waals surface area contributed by atoms with E-state index in [4.69, 9.17) is 52.1 Å². The summed E-state index contributed by atoms with van der Waals surface area (Å²) >= 11 is 0. The van der Waals surface area contributed by atoms with Crippen LogP contribution in [0.1, 0.15) is 93.4 Å². The minimum Gasteiger partial charge on any atom is -0.493 e. The fourth-order valence-electron chi connectivity index (χ4n) is 8.08. The molecule has 3 aromatic rings. The maximum Gasteiger partial charge on any atom is 0.329 e. The number of ether oxygens (including phenoxy) is 11. The molecule has 1 aliphatic heterocycles. The zero-order valence-corrected chi connectivity index (χ0v) is 41.5. The molecule has 1 N–H and O–H groups in total. The van der Waals surface area contributed by atoms with Crippen LogP contribution in [0, 0.1) is 0 Å². The van der Waals surface area contributed by atoms with E-state index in [9.17, 15) is 18.8 Å². The minimum atomic E-state index is -0.829. The monoisotopic (exact) mass is 971 g/mol. The van der Waals surface area contributed by atoms with Gasteiger partial charge in [0.05, 0.1) is 94.4 Å². The molecular weight excluding hydrogens is 896 g/mol. The Morgan fingerprint density at radius 1 is 0.696 bits per heavy atom. The third kappa shape index (κ3) is 18.5. The summed E-state index contributed by atoms with van der Waals surface area (Å²) in [6.07, 6.45) is 5.82. The van der Waals surface area contributed by atoms with Crippen molar-refractivity contribution in [3.63, 3.8) is 0 Å². The molecule has 2 amide bonds. The highest BCUT2D eigenvalue weighted by Crippen LogP contribution is 2.42. The first-order valence-electron chi connectivity index (χ1n) is 24.1. The smallest absolute Gasteiger partial charge is 0.329 e. The molecule has 0 radical (unpaired) electrons. The summed E-state index contributed by atoms with van der Waals surface area (Å²) in [6, 6.07) is 15.5. The molecule has 4 rings (SSSR count). The fraction of sp³-hybridized carbons (Fsp3) is 0.596. The molecule has 0 saturated carbocycles. The van der Waals surface area contributed by atoms with E-state index in [1.165, 1.54) is 21.3 Å². The maximum atomic E-state index is 14.5. The van der Waals surface area contributed by atoms with Crippen LogP contribution in [0.2, 0.25) is 0 Å². The van der Waals surface area contributed by atoms with E-state index < -0.39 is 24.0 Å². The van der Waals surface area contributed by atoms with E-state index >= 15 is 0 Å². The number of carbonyl (C=O) groups excluding carboxylic acids is 3. The number of hydrogen-bond acceptors (Lipinski definition) is 14. The molecule has 384 valence electrons. The van der Waals surface area contributed by atoms with Crippen LogP contribution in [0.4, 0.5) is 4.39 Å². The van der Waals surface area contributed by atoms with E-state index in [-0.39, 0.29) is 38.2 Å². The van der Waals surface area contributed by atoms with Gasteiger partial charge in [0.1, 0.15) is 17.9 Å². The SMILES string of the molecule is CC[C@H](C(=O)N1CCCC[C@H]1C(=O)O[C@H](CCc1ccc(OC)c(OC)c1)c1ccccc1OCC(=O)NCCOCCOCCOCCOCCCCCCF)c1cc(OC)c(OC)c(OC)c1. The van der Waals surface area contributed by atoms with Crippen LogP contribution in [0.3, 0.4) is 0 Å². The van der Waals surface area contributed by atoms with Gasteiger partial charge >= 0.3 is 5.97 Å². The molecule has 1 saturated heterocycles. The molecular formula is C52H75FN2O14. The molecule has 0 spiro atoms. The average molecular weight is 971 g/mol. The number of para-hydroxylation sites is 1. The second kappa shape index (κ2) is 32.5. The second-order valence-electron chi connectivity index (χ2n) is 16.3. The Labute approximate surface area is 407 Å². The van der Waals surface area contributed by atoms with Crippen LogP contribution in [0.15, 0.2) is 54.6 Å². The molecule has 1 fully saturated rings. The van der Waals surface area contributed by atoms with E-state index in [1.54, 1.807) is 43.4 Å². The molecule has 0 bridgehead atoms. The van der Waals surface area contributed by atoms with Gasteiger partial charge in [0.2, 0.25) is 11.7 Å². The summed E-state index contributed by atoms with van der Waals surface area (Å²) < 4.78 is 74.6. The highest BCUT2D eigenvalue weighted by atomic mass is 19.1. The number of alkyl halides is 1. The van der Waals surface area contributed by atoms with Gasteiger partial charge < -0.3 is 62.3 Å². The number of likely N-dealkylation sites (tertiary alicyclic amines) is 1. The van der Waals surface area contributed by atoms with Crippen LogP contribution in [-0.2, 0) is 44.5 Å². The number of piperidine rings is 1. The number of nitrogens with zero attached hydrogens (tertiary/aromatic N) is 1. The number of hydrogen-bond donors (Lipinski definition) is 1. The molecule has 0 unspecified atom stereocenters. The molecule has 3 atom stereocenters. The highest BCUT2D eigenvalue weighted by molar-refractivity contribution is 5.89. The van der Waals surface area contributed by atoms with Crippen molar-refractivity contribution >= 4 is 17.8 Å². The minimum absolute atomic E-state index is 0.196. The lowest BCUT2D eigenvalue weighted by Crippen LogP contribution is -2.50. The lowest BCUT2D eigenvalue weighted by atomic mass is 9.91. The lowest BCUT2D eigenvalue weighted by Gasteiger charge is -2.37. The van der Waals surface area contributed by atoms with Gasteiger partial charge in [-0.2, -0.15) is 0 Å². The topological polar surface area (TPSA) is 168 Å². The Kier molecular flexibility index (Phi) is 26.4. The van der Waals surface area contributed by atoms with Crippen molar-refractivity contribution in [2.24, 2.45) is 0 Å². The summed E-state index contributed by atoms with van der Waals surface area (Å²) in [5.41, 5.74) is 2.19. The van der Waals surface area contributed by atoms with Crippen molar-refractivity contribution in [2.45, 2.75) is 89.2 Å². The molecule has 0 aromatic heterocycles. The van der Waals surface area contributed by atoms with Crippen LogP contribution >= 0.6 is 0 Å². The normalized spacial score (nSPS) is 14.4. The molecule has 69 heavy (non-hydrogen) atoms.